The normalized spacial score (nSPS) is 26.7. The zero-order chi connectivity index (χ0) is 9.41. The van der Waals surface area contributed by atoms with E-state index in [0.29, 0.717) is 0 Å². The van der Waals surface area contributed by atoms with Crippen LogP contribution < -0.4 is 0 Å². The van der Waals surface area contributed by atoms with Crippen LogP contribution in [0.3, 0.4) is 0 Å². The molecule has 0 amide bonds. The minimum Gasteiger partial charge on any atom is -0.307 e. The molecule has 1 aliphatic heterocycles. The van der Waals surface area contributed by atoms with E-state index >= 15 is 0 Å². The minimum absolute atomic E-state index is 0.311. The van der Waals surface area contributed by atoms with Crippen LogP contribution in [0, 0.1) is 0 Å². The molecule has 1 saturated heterocycles. The molecule has 0 N–H and O–H groups in total. The van der Waals surface area contributed by atoms with Crippen molar-refractivity contribution in [1.29, 1.82) is 0 Å². The molecule has 68 valence electrons. The van der Waals surface area contributed by atoms with Gasteiger partial charge in [0, 0.05) is 0 Å². The van der Waals surface area contributed by atoms with E-state index in [1.165, 1.54) is 0 Å². The SMILES string of the molecule is CC1(C)OP(N=C=S)OC1(C)C. The van der Waals surface area contributed by atoms with Crippen molar-refractivity contribution in [1.82, 2.24) is 0 Å². The van der Waals surface area contributed by atoms with Gasteiger partial charge in [0.25, 0.3) is 0 Å². The predicted octanol–water partition coefficient (Wildman–Crippen LogP) is 2.92. The summed E-state index contributed by atoms with van der Waals surface area (Å²) < 4.78 is 14.9. The van der Waals surface area contributed by atoms with Gasteiger partial charge in [-0.1, -0.05) is 0 Å². The van der Waals surface area contributed by atoms with Gasteiger partial charge in [0.2, 0.25) is 0 Å². The number of hydrogen-bond donors (Lipinski definition) is 0. The number of isothiocyanates is 1. The summed E-state index contributed by atoms with van der Waals surface area (Å²) in [7, 11) is -1.21. The predicted molar refractivity (Wildman–Crippen MR) is 52.3 cm³/mol. The van der Waals surface area contributed by atoms with Crippen LogP contribution in [0.15, 0.2) is 4.76 Å². The summed E-state index contributed by atoms with van der Waals surface area (Å²) in [4.78, 5) is 0. The van der Waals surface area contributed by atoms with E-state index in [-0.39, 0.29) is 11.2 Å². The highest BCUT2D eigenvalue weighted by Crippen LogP contribution is 2.58. The van der Waals surface area contributed by atoms with Gasteiger partial charge in [-0.3, -0.25) is 0 Å². The molecule has 12 heavy (non-hydrogen) atoms. The van der Waals surface area contributed by atoms with Crippen LogP contribution in [0.5, 0.6) is 0 Å². The van der Waals surface area contributed by atoms with Gasteiger partial charge in [-0.25, -0.2) is 0 Å². The minimum atomic E-state index is -1.21. The molecule has 0 aliphatic carbocycles. The van der Waals surface area contributed by atoms with Crippen molar-refractivity contribution in [3.05, 3.63) is 0 Å². The fraction of sp³-hybridized carbons (Fsp3) is 0.857. The zero-order valence-corrected chi connectivity index (χ0v) is 9.33. The van der Waals surface area contributed by atoms with E-state index in [4.69, 9.17) is 9.05 Å². The third-order valence-corrected chi connectivity index (χ3v) is 3.90. The van der Waals surface area contributed by atoms with E-state index in [9.17, 15) is 0 Å². The first kappa shape index (κ1) is 10.2. The fourth-order valence-corrected chi connectivity index (χ4v) is 2.31. The largest absolute Gasteiger partial charge is 0.320 e. The van der Waals surface area contributed by atoms with Crippen molar-refractivity contribution in [2.75, 3.05) is 0 Å². The maximum Gasteiger partial charge on any atom is 0.320 e. The Hall–Kier alpha value is 0.150. The molecule has 0 atom stereocenters. The Morgan fingerprint density at radius 1 is 1.17 bits per heavy atom. The average molecular weight is 205 g/mol. The van der Waals surface area contributed by atoms with Gasteiger partial charge in [0.1, 0.15) is 11.2 Å². The van der Waals surface area contributed by atoms with Crippen LogP contribution in [0.4, 0.5) is 0 Å². The molecular formula is C7H12NO2PS. The Morgan fingerprint density at radius 3 is 1.92 bits per heavy atom. The summed E-state index contributed by atoms with van der Waals surface area (Å²) in [5, 5.41) is 2.27. The molecule has 1 rings (SSSR count). The van der Waals surface area contributed by atoms with Crippen LogP contribution in [-0.4, -0.2) is 16.4 Å². The third-order valence-electron chi connectivity index (χ3n) is 2.19. The van der Waals surface area contributed by atoms with Crippen molar-refractivity contribution in [3.8, 4) is 0 Å². The van der Waals surface area contributed by atoms with Crippen LogP contribution in [0.1, 0.15) is 27.7 Å². The molecule has 0 aromatic rings. The van der Waals surface area contributed by atoms with Crippen LogP contribution in [0.2, 0.25) is 0 Å². The highest BCUT2D eigenvalue weighted by atomic mass is 32.1. The summed E-state index contributed by atoms with van der Waals surface area (Å²) >= 11 is 4.48. The maximum absolute atomic E-state index is 5.55. The number of thiocarbonyl (C=S) groups is 1. The summed E-state index contributed by atoms with van der Waals surface area (Å²) in [5.41, 5.74) is -0.622. The number of nitrogens with zero attached hydrogens (tertiary/aromatic N) is 1. The van der Waals surface area contributed by atoms with E-state index in [1.54, 1.807) is 0 Å². The molecule has 0 spiro atoms. The lowest BCUT2D eigenvalue weighted by Gasteiger charge is -2.29. The van der Waals surface area contributed by atoms with E-state index < -0.39 is 8.53 Å². The molecule has 1 fully saturated rings. The third kappa shape index (κ3) is 1.73. The van der Waals surface area contributed by atoms with Crippen molar-refractivity contribution in [2.24, 2.45) is 4.76 Å². The second-order valence-electron chi connectivity index (χ2n) is 3.63. The van der Waals surface area contributed by atoms with Gasteiger partial charge < -0.3 is 9.05 Å². The standard InChI is InChI=1S/C7H12NO2PS/c1-6(2)7(3,4)10-11(9-6)8-5-12/h1-4H3. The molecule has 1 heterocycles. The van der Waals surface area contributed by atoms with Crippen LogP contribution >= 0.6 is 20.7 Å². The van der Waals surface area contributed by atoms with Crippen molar-refractivity contribution < 1.29 is 9.05 Å². The van der Waals surface area contributed by atoms with E-state index in [0.717, 1.165) is 0 Å². The van der Waals surface area contributed by atoms with E-state index in [2.05, 4.69) is 22.1 Å². The van der Waals surface area contributed by atoms with Gasteiger partial charge in [0.15, 0.2) is 0 Å². The second-order valence-corrected chi connectivity index (χ2v) is 4.86. The highest BCUT2D eigenvalue weighted by Gasteiger charge is 2.50. The lowest BCUT2D eigenvalue weighted by Crippen LogP contribution is -2.41. The fourth-order valence-electron chi connectivity index (χ4n) is 0.703. The van der Waals surface area contributed by atoms with Crippen molar-refractivity contribution >= 4 is 25.9 Å². The average Bonchev–Trinajstić information content (AvgIpc) is 2.02. The van der Waals surface area contributed by atoms with Crippen LogP contribution in [-0.2, 0) is 9.05 Å². The van der Waals surface area contributed by atoms with Crippen molar-refractivity contribution in [2.45, 2.75) is 38.9 Å². The van der Waals surface area contributed by atoms with Gasteiger partial charge in [-0.05, 0) is 39.9 Å². The van der Waals surface area contributed by atoms with Gasteiger partial charge in [-0.2, -0.15) is 4.76 Å². The molecule has 5 heteroatoms. The Kier molecular flexibility index (Phi) is 2.67. The summed E-state index contributed by atoms with van der Waals surface area (Å²) in [5.74, 6) is 0. The summed E-state index contributed by atoms with van der Waals surface area (Å²) in [6, 6.07) is 0. The summed E-state index contributed by atoms with van der Waals surface area (Å²) in [6.07, 6.45) is 0. The topological polar surface area (TPSA) is 30.8 Å². The quantitative estimate of drug-likeness (QED) is 0.374. The van der Waals surface area contributed by atoms with Gasteiger partial charge >= 0.3 is 8.53 Å². The molecule has 3 nitrogen and oxygen atoms in total. The first-order chi connectivity index (χ1) is 5.39. The lowest BCUT2D eigenvalue weighted by atomic mass is 9.90. The monoisotopic (exact) mass is 205 g/mol. The molecule has 0 radical (unpaired) electrons. The molecule has 1 aliphatic rings. The molecular weight excluding hydrogens is 193 g/mol. The van der Waals surface area contributed by atoms with E-state index in [1.807, 2.05) is 27.7 Å². The molecule has 0 unspecified atom stereocenters. The second kappa shape index (κ2) is 3.13. The smallest absolute Gasteiger partial charge is 0.307 e. The number of hydrogen-bond acceptors (Lipinski definition) is 4. The van der Waals surface area contributed by atoms with Gasteiger partial charge in [0.05, 0.1) is 5.16 Å². The first-order valence-electron chi connectivity index (χ1n) is 3.65. The Balaban J connectivity index is 2.80. The Labute approximate surface area is 79.1 Å². The van der Waals surface area contributed by atoms with Crippen LogP contribution in [0.25, 0.3) is 0 Å². The Bertz CT molecular complexity index is 220. The lowest BCUT2D eigenvalue weighted by molar-refractivity contribution is 0.00578. The number of rotatable bonds is 1. The first-order valence-corrected chi connectivity index (χ1v) is 5.19. The Morgan fingerprint density at radius 2 is 1.58 bits per heavy atom. The molecule has 0 aromatic carbocycles. The highest BCUT2D eigenvalue weighted by molar-refractivity contribution is 7.78. The molecule has 0 saturated carbocycles. The molecule has 0 aromatic heterocycles. The summed E-state index contributed by atoms with van der Waals surface area (Å²) in [6.45, 7) is 7.92. The van der Waals surface area contributed by atoms with Crippen molar-refractivity contribution in [3.63, 3.8) is 0 Å². The zero-order valence-electron chi connectivity index (χ0n) is 7.62. The maximum atomic E-state index is 5.55. The molecule has 0 bridgehead atoms. The van der Waals surface area contributed by atoms with Gasteiger partial charge in [-0.15, -0.1) is 0 Å².